The number of ether oxygens (including phenoxy) is 2. The quantitative estimate of drug-likeness (QED) is 0.0197. The second-order valence-electron chi connectivity index (χ2n) is 19.9. The normalized spacial score (nSPS) is 13.8. The van der Waals surface area contributed by atoms with Crippen LogP contribution in [0.4, 0.5) is 0 Å². The standard InChI is InChI=1S/C57H108NO7P/c1-6-8-10-12-14-16-18-20-22-24-26-27-28-29-30-31-32-34-36-38-40-42-44-46-48-50-57(59)65-56(55-64-66(60,61)63-53-51-58(3,4)5)54-62-52-49-47-45-43-41-39-37-35-33-25-23-21-19-17-15-13-11-9-7-2/h8,10,14,16,20,22,26-27,56H,6-7,9,11-13,15,17-19,21,23-25,28-55H2,1-5H3/b10-8-,16-14-,22-20-,27-26-. The molecule has 0 radical (unpaired) electrons. The van der Waals surface area contributed by atoms with Gasteiger partial charge in [-0.2, -0.15) is 0 Å². The second kappa shape index (κ2) is 49.9. The largest absolute Gasteiger partial charge is 0.756 e. The number of likely N-dealkylation sites (N-methyl/N-ethyl adjacent to an activating group) is 1. The Morgan fingerprint density at radius 3 is 1.32 bits per heavy atom. The molecule has 66 heavy (non-hydrogen) atoms. The van der Waals surface area contributed by atoms with Gasteiger partial charge in [0.1, 0.15) is 19.3 Å². The Labute approximate surface area is 409 Å². The van der Waals surface area contributed by atoms with E-state index in [1.165, 1.54) is 173 Å². The molecule has 0 aromatic heterocycles. The summed E-state index contributed by atoms with van der Waals surface area (Å²) in [6, 6.07) is 0. The van der Waals surface area contributed by atoms with Crippen molar-refractivity contribution in [3.8, 4) is 0 Å². The smallest absolute Gasteiger partial charge is 0.306 e. The van der Waals surface area contributed by atoms with Gasteiger partial charge in [0.2, 0.25) is 0 Å². The molecule has 0 rings (SSSR count). The van der Waals surface area contributed by atoms with Crippen LogP contribution >= 0.6 is 7.82 Å². The Morgan fingerprint density at radius 2 is 0.879 bits per heavy atom. The molecule has 0 spiro atoms. The van der Waals surface area contributed by atoms with Gasteiger partial charge in [-0.15, -0.1) is 0 Å². The van der Waals surface area contributed by atoms with Crippen molar-refractivity contribution in [1.29, 1.82) is 0 Å². The lowest BCUT2D eigenvalue weighted by atomic mass is 10.0. The molecule has 0 N–H and O–H groups in total. The van der Waals surface area contributed by atoms with Gasteiger partial charge < -0.3 is 27.9 Å². The van der Waals surface area contributed by atoms with Gasteiger partial charge in [0.05, 0.1) is 34.4 Å². The summed E-state index contributed by atoms with van der Waals surface area (Å²) >= 11 is 0. The number of phosphoric acid groups is 1. The van der Waals surface area contributed by atoms with Crippen LogP contribution in [0.5, 0.6) is 0 Å². The molecule has 388 valence electrons. The van der Waals surface area contributed by atoms with Crippen LogP contribution in [0.2, 0.25) is 0 Å². The highest BCUT2D eigenvalue weighted by molar-refractivity contribution is 7.45. The minimum atomic E-state index is -4.53. The summed E-state index contributed by atoms with van der Waals surface area (Å²) < 4.78 is 34.8. The lowest BCUT2D eigenvalue weighted by molar-refractivity contribution is -0.870. The van der Waals surface area contributed by atoms with Crippen LogP contribution in [0, 0.1) is 0 Å². The Bertz CT molecular complexity index is 1200. The number of unbranched alkanes of at least 4 members (excludes halogenated alkanes) is 30. The van der Waals surface area contributed by atoms with Crippen molar-refractivity contribution in [3.05, 3.63) is 48.6 Å². The minimum Gasteiger partial charge on any atom is -0.756 e. The van der Waals surface area contributed by atoms with Crippen molar-refractivity contribution in [2.45, 2.75) is 258 Å². The first-order valence-corrected chi connectivity index (χ1v) is 29.3. The molecule has 0 aliphatic rings. The van der Waals surface area contributed by atoms with E-state index in [0.717, 1.165) is 57.8 Å². The van der Waals surface area contributed by atoms with Gasteiger partial charge in [-0.25, -0.2) is 0 Å². The fourth-order valence-corrected chi connectivity index (χ4v) is 8.62. The summed E-state index contributed by atoms with van der Waals surface area (Å²) in [6.07, 6.45) is 62.9. The van der Waals surface area contributed by atoms with E-state index < -0.39 is 13.9 Å². The number of quaternary nitrogens is 1. The van der Waals surface area contributed by atoms with Gasteiger partial charge in [0, 0.05) is 13.0 Å². The highest BCUT2D eigenvalue weighted by Gasteiger charge is 2.20. The molecule has 0 bridgehead atoms. The SMILES string of the molecule is CC/C=C\C/C=C\C/C=C\C/C=C\CCCCCCCCCCCCCCC(=O)OC(COCCCCCCCCCCCCCCCCCCCCC)COP(=O)([O-])OCC[N+](C)(C)C. The number of phosphoric ester groups is 1. The second-order valence-corrected chi connectivity index (χ2v) is 21.3. The first-order chi connectivity index (χ1) is 32.1. The summed E-state index contributed by atoms with van der Waals surface area (Å²) in [7, 11) is 1.36. The number of esters is 1. The zero-order valence-corrected chi connectivity index (χ0v) is 45.0. The topological polar surface area (TPSA) is 94.1 Å². The zero-order chi connectivity index (χ0) is 48.3. The predicted octanol–water partition coefficient (Wildman–Crippen LogP) is 16.8. The van der Waals surface area contributed by atoms with Crippen LogP contribution in [0.15, 0.2) is 48.6 Å². The third-order valence-electron chi connectivity index (χ3n) is 12.1. The lowest BCUT2D eigenvalue weighted by Gasteiger charge is -2.28. The number of allylic oxidation sites excluding steroid dienone is 8. The van der Waals surface area contributed by atoms with Crippen molar-refractivity contribution < 1.29 is 37.3 Å². The highest BCUT2D eigenvalue weighted by atomic mass is 31.2. The maximum absolute atomic E-state index is 12.8. The molecule has 8 nitrogen and oxygen atoms in total. The van der Waals surface area contributed by atoms with Crippen LogP contribution in [0.1, 0.15) is 251 Å². The summed E-state index contributed by atoms with van der Waals surface area (Å²) in [5.41, 5.74) is 0. The van der Waals surface area contributed by atoms with Crippen molar-refractivity contribution >= 4 is 13.8 Å². The monoisotopic (exact) mass is 950 g/mol. The molecule has 2 atom stereocenters. The van der Waals surface area contributed by atoms with Crippen molar-refractivity contribution in [2.75, 3.05) is 54.1 Å². The molecule has 0 aromatic carbocycles. The van der Waals surface area contributed by atoms with Crippen LogP contribution in [0.25, 0.3) is 0 Å². The first-order valence-electron chi connectivity index (χ1n) is 27.9. The van der Waals surface area contributed by atoms with E-state index in [1.54, 1.807) is 0 Å². The molecular weight excluding hydrogens is 842 g/mol. The van der Waals surface area contributed by atoms with E-state index in [-0.39, 0.29) is 25.8 Å². The van der Waals surface area contributed by atoms with Gasteiger partial charge in [0.25, 0.3) is 7.82 Å². The highest BCUT2D eigenvalue weighted by Crippen LogP contribution is 2.38. The Balaban J connectivity index is 4.07. The van der Waals surface area contributed by atoms with Crippen molar-refractivity contribution in [3.63, 3.8) is 0 Å². The number of hydrogen-bond donors (Lipinski definition) is 0. The Kier molecular flexibility index (Phi) is 48.7. The fourth-order valence-electron chi connectivity index (χ4n) is 7.89. The fraction of sp³-hybridized carbons (Fsp3) is 0.842. The average molecular weight is 950 g/mol. The summed E-state index contributed by atoms with van der Waals surface area (Å²) in [5.74, 6) is -0.333. The minimum absolute atomic E-state index is 0.0266. The first kappa shape index (κ1) is 64.5. The average Bonchev–Trinajstić information content (AvgIpc) is 3.28. The van der Waals surface area contributed by atoms with E-state index in [0.29, 0.717) is 24.1 Å². The predicted molar refractivity (Wildman–Crippen MR) is 282 cm³/mol. The molecule has 0 heterocycles. The van der Waals surface area contributed by atoms with E-state index in [4.69, 9.17) is 18.5 Å². The summed E-state index contributed by atoms with van der Waals surface area (Å²) in [4.78, 5) is 25.2. The van der Waals surface area contributed by atoms with Gasteiger partial charge in [-0.1, -0.05) is 242 Å². The van der Waals surface area contributed by atoms with Crippen LogP contribution in [0.3, 0.4) is 0 Å². The summed E-state index contributed by atoms with van der Waals surface area (Å²) in [5, 5.41) is 0. The molecule has 0 aromatic rings. The van der Waals surface area contributed by atoms with Crippen LogP contribution in [-0.2, 0) is 27.9 Å². The number of rotatable bonds is 52. The molecule has 0 aliphatic carbocycles. The summed E-state index contributed by atoms with van der Waals surface area (Å²) in [6.45, 7) is 5.35. The maximum atomic E-state index is 12.8. The van der Waals surface area contributed by atoms with E-state index >= 15 is 0 Å². The lowest BCUT2D eigenvalue weighted by Crippen LogP contribution is -2.37. The molecule has 0 fully saturated rings. The molecule has 0 amide bonds. The van der Waals surface area contributed by atoms with E-state index in [9.17, 15) is 14.3 Å². The number of hydrogen-bond acceptors (Lipinski definition) is 7. The van der Waals surface area contributed by atoms with Gasteiger partial charge in [-0.05, 0) is 51.4 Å². The number of nitrogens with zero attached hydrogens (tertiary/aromatic N) is 1. The number of carbonyl (C=O) groups excluding carboxylic acids is 1. The van der Waals surface area contributed by atoms with Crippen LogP contribution < -0.4 is 4.89 Å². The van der Waals surface area contributed by atoms with E-state index in [1.807, 2.05) is 21.1 Å². The Hall–Kier alpha value is -1.54. The number of carbonyl (C=O) groups is 1. The van der Waals surface area contributed by atoms with Gasteiger partial charge in [0.15, 0.2) is 0 Å². The maximum Gasteiger partial charge on any atom is 0.306 e. The molecular formula is C57H108NO7P. The van der Waals surface area contributed by atoms with Crippen molar-refractivity contribution in [2.24, 2.45) is 0 Å². The molecule has 0 saturated carbocycles. The van der Waals surface area contributed by atoms with Gasteiger partial charge >= 0.3 is 5.97 Å². The zero-order valence-electron chi connectivity index (χ0n) is 44.1. The molecule has 0 aliphatic heterocycles. The van der Waals surface area contributed by atoms with E-state index in [2.05, 4.69) is 62.5 Å². The van der Waals surface area contributed by atoms with Crippen LogP contribution in [-0.4, -0.2) is 70.7 Å². The Morgan fingerprint density at radius 1 is 0.485 bits per heavy atom. The third kappa shape index (κ3) is 53.4. The third-order valence-corrected chi connectivity index (χ3v) is 13.1. The molecule has 9 heteroatoms. The van der Waals surface area contributed by atoms with Gasteiger partial charge in [-0.3, -0.25) is 9.36 Å². The molecule has 2 unspecified atom stereocenters. The van der Waals surface area contributed by atoms with Crippen molar-refractivity contribution in [1.82, 2.24) is 0 Å². The molecule has 0 saturated heterocycles.